The van der Waals surface area contributed by atoms with Crippen molar-refractivity contribution in [1.29, 1.82) is 0 Å². The van der Waals surface area contributed by atoms with Gasteiger partial charge in [-0.2, -0.15) is 0 Å². The molecule has 0 aromatic rings. The number of nitrogens with one attached hydrogen (secondary N) is 1. The molecule has 9 heteroatoms. The van der Waals surface area contributed by atoms with Crippen LogP contribution in [0.25, 0.3) is 0 Å². The van der Waals surface area contributed by atoms with Gasteiger partial charge in [-0.25, -0.2) is 0 Å². The van der Waals surface area contributed by atoms with Gasteiger partial charge in [0.25, 0.3) is 0 Å². The maximum atomic E-state index is 12.6. The molecule has 0 spiro atoms. The molecule has 1 aliphatic heterocycles. The summed E-state index contributed by atoms with van der Waals surface area (Å²) >= 11 is 0. The third-order valence-corrected chi connectivity index (χ3v) is 7.61. The third kappa shape index (κ3) is 15.8. The minimum absolute atomic E-state index is 0.186. The van der Waals surface area contributed by atoms with Gasteiger partial charge in [-0.1, -0.05) is 109 Å². The van der Waals surface area contributed by atoms with E-state index in [9.17, 15) is 30.3 Å². The molecule has 1 saturated heterocycles. The highest BCUT2D eigenvalue weighted by Gasteiger charge is 2.44. The Hall–Kier alpha value is -1.07. The Balaban J connectivity index is 2.53. The fraction of sp³-hybridized carbons (Fsp3) is 0.903. The largest absolute Gasteiger partial charge is 0.394 e. The fourth-order valence-corrected chi connectivity index (χ4v) is 4.92. The van der Waals surface area contributed by atoms with E-state index in [4.69, 9.17) is 9.47 Å². The van der Waals surface area contributed by atoms with Crippen LogP contribution < -0.4 is 5.32 Å². The van der Waals surface area contributed by atoms with Gasteiger partial charge in [-0.05, 0) is 19.3 Å². The molecular weight excluding hydrogens is 514 g/mol. The number of carbonyl (C=O) groups excluding carboxylic acids is 1. The Kier molecular flexibility index (Phi) is 21.7. The quantitative estimate of drug-likeness (QED) is 0.0753. The number of ether oxygens (including phenoxy) is 2. The van der Waals surface area contributed by atoms with Gasteiger partial charge in [0, 0.05) is 6.42 Å². The van der Waals surface area contributed by atoms with Crippen molar-refractivity contribution in [1.82, 2.24) is 5.32 Å². The summed E-state index contributed by atoms with van der Waals surface area (Å²) in [4.78, 5) is 12.6. The van der Waals surface area contributed by atoms with Crippen LogP contribution in [0.1, 0.15) is 123 Å². The summed E-state index contributed by atoms with van der Waals surface area (Å²) in [6, 6.07) is -0.792. The molecular formula is C31H59NO8. The number of amides is 1. The summed E-state index contributed by atoms with van der Waals surface area (Å²) in [5.41, 5.74) is 0. The molecule has 7 unspecified atom stereocenters. The standard InChI is InChI=1S/C31H59NO8/c1-3-5-7-9-10-11-12-13-14-15-17-18-20-25(34)24(32-27(35)21-19-16-8-6-4-2)23-39-31-30(38)29(37)28(36)26(22-33)40-31/h18,20,24-26,28-31,33-34,36-38H,3-17,19,21-23H2,1-2H3,(H,32,35)/b20-18+. The van der Waals surface area contributed by atoms with Crippen LogP contribution in [0, 0.1) is 0 Å². The predicted molar refractivity (Wildman–Crippen MR) is 157 cm³/mol. The Morgan fingerprint density at radius 2 is 1.38 bits per heavy atom. The molecule has 6 N–H and O–H groups in total. The monoisotopic (exact) mass is 573 g/mol. The van der Waals surface area contributed by atoms with Crippen LogP contribution in [-0.2, 0) is 14.3 Å². The molecule has 0 saturated carbocycles. The number of hydrogen-bond donors (Lipinski definition) is 6. The van der Waals surface area contributed by atoms with Gasteiger partial charge in [-0.3, -0.25) is 4.79 Å². The van der Waals surface area contributed by atoms with Crippen molar-refractivity contribution >= 4 is 5.91 Å². The molecule has 1 fully saturated rings. The van der Waals surface area contributed by atoms with Gasteiger partial charge in [0.2, 0.25) is 5.91 Å². The van der Waals surface area contributed by atoms with Gasteiger partial charge < -0.3 is 40.3 Å². The first-order valence-electron chi connectivity index (χ1n) is 15.9. The minimum atomic E-state index is -1.56. The van der Waals surface area contributed by atoms with Crippen molar-refractivity contribution in [2.75, 3.05) is 13.2 Å². The average Bonchev–Trinajstić information content (AvgIpc) is 2.95. The molecule has 1 rings (SSSR count). The number of carbonyl (C=O) groups is 1. The summed E-state index contributed by atoms with van der Waals surface area (Å²) in [7, 11) is 0. The first-order chi connectivity index (χ1) is 19.3. The predicted octanol–water partition coefficient (Wildman–Crippen LogP) is 3.88. The lowest BCUT2D eigenvalue weighted by Gasteiger charge is -2.40. The SMILES string of the molecule is CCCCCCCCCCCC/C=C/C(O)C(COC1OC(CO)C(O)C(O)C1O)NC(=O)CCCCCCC. The van der Waals surface area contributed by atoms with Gasteiger partial charge in [0.05, 0.1) is 25.4 Å². The minimum Gasteiger partial charge on any atom is -0.394 e. The first-order valence-corrected chi connectivity index (χ1v) is 15.9. The molecule has 0 aliphatic carbocycles. The summed E-state index contributed by atoms with van der Waals surface area (Å²) in [5.74, 6) is -0.193. The van der Waals surface area contributed by atoms with Crippen molar-refractivity contribution in [2.45, 2.75) is 166 Å². The highest BCUT2D eigenvalue weighted by molar-refractivity contribution is 5.76. The van der Waals surface area contributed by atoms with E-state index < -0.39 is 49.5 Å². The normalized spacial score (nSPS) is 24.8. The maximum absolute atomic E-state index is 12.6. The first kappa shape index (κ1) is 37.0. The zero-order valence-corrected chi connectivity index (χ0v) is 25.1. The van der Waals surface area contributed by atoms with E-state index >= 15 is 0 Å². The van der Waals surface area contributed by atoms with E-state index in [0.29, 0.717) is 6.42 Å². The second-order valence-corrected chi connectivity index (χ2v) is 11.3. The van der Waals surface area contributed by atoms with E-state index in [0.717, 1.165) is 51.4 Å². The van der Waals surface area contributed by atoms with Crippen LogP contribution in [0.3, 0.4) is 0 Å². The van der Waals surface area contributed by atoms with Crippen molar-refractivity contribution < 1.29 is 39.8 Å². The summed E-state index contributed by atoms with van der Waals surface area (Å²) < 4.78 is 11.0. The molecule has 40 heavy (non-hydrogen) atoms. The van der Waals surface area contributed by atoms with E-state index in [1.807, 2.05) is 6.08 Å². The highest BCUT2D eigenvalue weighted by Crippen LogP contribution is 2.22. The van der Waals surface area contributed by atoms with Crippen molar-refractivity contribution in [3.63, 3.8) is 0 Å². The van der Waals surface area contributed by atoms with Gasteiger partial charge in [0.1, 0.15) is 24.4 Å². The van der Waals surface area contributed by atoms with Crippen molar-refractivity contribution in [2.24, 2.45) is 0 Å². The summed E-state index contributed by atoms with van der Waals surface area (Å²) in [6.07, 6.45) is 14.4. The smallest absolute Gasteiger partial charge is 0.220 e. The molecule has 236 valence electrons. The van der Waals surface area contributed by atoms with Crippen LogP contribution in [-0.4, -0.2) is 87.5 Å². The van der Waals surface area contributed by atoms with Crippen LogP contribution in [0.5, 0.6) is 0 Å². The molecule has 0 radical (unpaired) electrons. The number of aliphatic hydroxyl groups excluding tert-OH is 5. The Morgan fingerprint density at radius 1 is 0.825 bits per heavy atom. The van der Waals surface area contributed by atoms with E-state index in [1.54, 1.807) is 6.08 Å². The molecule has 1 amide bonds. The van der Waals surface area contributed by atoms with E-state index in [2.05, 4.69) is 19.2 Å². The van der Waals surface area contributed by atoms with Crippen LogP contribution in [0.15, 0.2) is 12.2 Å². The Labute approximate surface area is 242 Å². The number of unbranched alkanes of at least 4 members (excludes halogenated alkanes) is 14. The summed E-state index contributed by atoms with van der Waals surface area (Å²) in [6.45, 7) is 3.62. The number of aliphatic hydroxyl groups is 5. The number of rotatable bonds is 24. The molecule has 7 atom stereocenters. The van der Waals surface area contributed by atoms with Gasteiger partial charge >= 0.3 is 0 Å². The zero-order chi connectivity index (χ0) is 29.6. The fourth-order valence-electron chi connectivity index (χ4n) is 4.92. The van der Waals surface area contributed by atoms with E-state index in [-0.39, 0.29) is 12.5 Å². The molecule has 1 heterocycles. The average molecular weight is 574 g/mol. The zero-order valence-electron chi connectivity index (χ0n) is 25.1. The molecule has 0 aromatic carbocycles. The van der Waals surface area contributed by atoms with Crippen LogP contribution >= 0.6 is 0 Å². The number of hydrogen-bond acceptors (Lipinski definition) is 8. The van der Waals surface area contributed by atoms with Gasteiger partial charge in [0.15, 0.2) is 6.29 Å². The lowest BCUT2D eigenvalue weighted by atomic mass is 9.99. The Morgan fingerprint density at radius 3 is 1.95 bits per heavy atom. The lowest BCUT2D eigenvalue weighted by molar-refractivity contribution is -0.302. The Bertz CT molecular complexity index is 647. The maximum Gasteiger partial charge on any atom is 0.220 e. The van der Waals surface area contributed by atoms with Crippen LogP contribution in [0.4, 0.5) is 0 Å². The second kappa shape index (κ2) is 23.5. The number of allylic oxidation sites excluding steroid dienone is 1. The third-order valence-electron chi connectivity index (χ3n) is 7.61. The lowest BCUT2D eigenvalue weighted by Crippen LogP contribution is -2.60. The van der Waals surface area contributed by atoms with Crippen molar-refractivity contribution in [3.05, 3.63) is 12.2 Å². The molecule has 0 bridgehead atoms. The van der Waals surface area contributed by atoms with Gasteiger partial charge in [-0.15, -0.1) is 0 Å². The van der Waals surface area contributed by atoms with Crippen molar-refractivity contribution in [3.8, 4) is 0 Å². The highest BCUT2D eigenvalue weighted by atomic mass is 16.7. The van der Waals surface area contributed by atoms with E-state index in [1.165, 1.54) is 51.4 Å². The molecule has 9 nitrogen and oxygen atoms in total. The summed E-state index contributed by atoms with van der Waals surface area (Å²) in [5, 5.41) is 53.3. The van der Waals surface area contributed by atoms with Crippen LogP contribution in [0.2, 0.25) is 0 Å². The topological polar surface area (TPSA) is 149 Å². The molecule has 1 aliphatic rings. The molecule has 0 aromatic heterocycles. The second-order valence-electron chi connectivity index (χ2n) is 11.3.